The van der Waals surface area contributed by atoms with Gasteiger partial charge in [-0.05, 0) is 20.5 Å². The van der Waals surface area contributed by atoms with Crippen molar-refractivity contribution in [1.29, 1.82) is 0 Å². The van der Waals surface area contributed by atoms with Crippen molar-refractivity contribution in [3.63, 3.8) is 0 Å². The molecule has 1 saturated heterocycles. The standard InChI is InChI=1S/C12H25N3O5S2/c1-14(2)8-6-13-12(16)4-7-15(21(3,17)18)11-5-9-22(19,20)10-11/h11H,4-10H2,1-3H3,(H,13,16). The number of amides is 1. The van der Waals surface area contributed by atoms with E-state index in [0.717, 1.165) is 10.6 Å². The van der Waals surface area contributed by atoms with Crippen LogP contribution in [-0.2, 0) is 24.7 Å². The molecule has 1 N–H and O–H groups in total. The summed E-state index contributed by atoms with van der Waals surface area (Å²) in [5.74, 6) is -0.405. The lowest BCUT2D eigenvalue weighted by atomic mass is 10.2. The smallest absolute Gasteiger partial charge is 0.221 e. The molecule has 1 amide bonds. The molecule has 0 spiro atoms. The number of rotatable bonds is 8. The van der Waals surface area contributed by atoms with Crippen LogP contribution in [0.3, 0.4) is 0 Å². The van der Waals surface area contributed by atoms with Gasteiger partial charge in [-0.25, -0.2) is 16.8 Å². The fraction of sp³-hybridized carbons (Fsp3) is 0.917. The zero-order valence-corrected chi connectivity index (χ0v) is 14.9. The van der Waals surface area contributed by atoms with Crippen molar-refractivity contribution < 1.29 is 21.6 Å². The first kappa shape index (κ1) is 19.3. The second-order valence-corrected chi connectivity index (χ2v) is 10.00. The van der Waals surface area contributed by atoms with E-state index < -0.39 is 25.9 Å². The van der Waals surface area contributed by atoms with Gasteiger partial charge in [-0.1, -0.05) is 0 Å². The van der Waals surface area contributed by atoms with Gasteiger partial charge < -0.3 is 10.2 Å². The molecule has 1 rings (SSSR count). The number of carbonyl (C=O) groups is 1. The van der Waals surface area contributed by atoms with E-state index in [1.54, 1.807) is 0 Å². The number of nitrogens with one attached hydrogen (secondary N) is 1. The van der Waals surface area contributed by atoms with Gasteiger partial charge in [-0.2, -0.15) is 4.31 Å². The summed E-state index contributed by atoms with van der Waals surface area (Å²) in [5.41, 5.74) is 0. The van der Waals surface area contributed by atoms with Gasteiger partial charge in [0.25, 0.3) is 0 Å². The fourth-order valence-electron chi connectivity index (χ4n) is 2.34. The third kappa shape index (κ3) is 6.59. The lowest BCUT2D eigenvalue weighted by Gasteiger charge is -2.25. The van der Waals surface area contributed by atoms with Crippen LogP contribution in [0.4, 0.5) is 0 Å². The first-order valence-electron chi connectivity index (χ1n) is 7.10. The molecule has 10 heteroatoms. The van der Waals surface area contributed by atoms with Crippen LogP contribution in [0.1, 0.15) is 12.8 Å². The molecular weight excluding hydrogens is 330 g/mol. The molecule has 1 fully saturated rings. The van der Waals surface area contributed by atoms with Gasteiger partial charge in [-0.15, -0.1) is 0 Å². The quantitative estimate of drug-likeness (QED) is 0.568. The molecule has 130 valence electrons. The normalized spacial score (nSPS) is 21.4. The van der Waals surface area contributed by atoms with E-state index >= 15 is 0 Å². The number of sulfonamides is 1. The summed E-state index contributed by atoms with van der Waals surface area (Å²) in [7, 11) is -2.95. The Balaban J connectivity index is 2.55. The first-order valence-corrected chi connectivity index (χ1v) is 10.8. The minimum absolute atomic E-state index is 0.00127. The van der Waals surface area contributed by atoms with Gasteiger partial charge >= 0.3 is 0 Å². The molecule has 0 saturated carbocycles. The molecule has 0 aromatic rings. The molecule has 0 aromatic carbocycles. The molecule has 1 aliphatic rings. The molecule has 0 radical (unpaired) electrons. The zero-order valence-electron chi connectivity index (χ0n) is 13.3. The Morgan fingerprint density at radius 2 is 1.91 bits per heavy atom. The molecule has 22 heavy (non-hydrogen) atoms. The summed E-state index contributed by atoms with van der Waals surface area (Å²) in [4.78, 5) is 13.7. The lowest BCUT2D eigenvalue weighted by molar-refractivity contribution is -0.121. The van der Waals surface area contributed by atoms with Gasteiger partial charge in [0.15, 0.2) is 9.84 Å². The number of nitrogens with zero attached hydrogens (tertiary/aromatic N) is 2. The molecule has 8 nitrogen and oxygen atoms in total. The Kier molecular flexibility index (Phi) is 6.78. The summed E-state index contributed by atoms with van der Waals surface area (Å²) in [6.45, 7) is 1.19. The maximum Gasteiger partial charge on any atom is 0.221 e. The largest absolute Gasteiger partial charge is 0.355 e. The van der Waals surface area contributed by atoms with Crippen LogP contribution in [0.15, 0.2) is 0 Å². The highest BCUT2D eigenvalue weighted by atomic mass is 32.2. The maximum absolute atomic E-state index is 11.8. The van der Waals surface area contributed by atoms with Crippen molar-refractivity contribution in [1.82, 2.24) is 14.5 Å². The van der Waals surface area contributed by atoms with Crippen LogP contribution in [0.25, 0.3) is 0 Å². The molecule has 1 unspecified atom stereocenters. The van der Waals surface area contributed by atoms with Crippen LogP contribution in [-0.4, -0.2) is 89.5 Å². The highest BCUT2D eigenvalue weighted by Gasteiger charge is 2.36. The highest BCUT2D eigenvalue weighted by Crippen LogP contribution is 2.20. The van der Waals surface area contributed by atoms with Crippen molar-refractivity contribution in [2.45, 2.75) is 18.9 Å². The van der Waals surface area contributed by atoms with E-state index in [-0.39, 0.29) is 36.8 Å². The van der Waals surface area contributed by atoms with E-state index in [2.05, 4.69) is 5.32 Å². The second-order valence-electron chi connectivity index (χ2n) is 5.83. The Bertz CT molecular complexity index is 586. The molecular formula is C12H25N3O5S2. The van der Waals surface area contributed by atoms with E-state index in [1.807, 2.05) is 19.0 Å². The number of hydrogen-bond donors (Lipinski definition) is 1. The van der Waals surface area contributed by atoms with Gasteiger partial charge in [-0.3, -0.25) is 4.79 Å². The van der Waals surface area contributed by atoms with Gasteiger partial charge in [0.2, 0.25) is 15.9 Å². The van der Waals surface area contributed by atoms with Crippen molar-refractivity contribution in [2.24, 2.45) is 0 Å². The topological polar surface area (TPSA) is 104 Å². The lowest BCUT2D eigenvalue weighted by Crippen LogP contribution is -2.43. The molecule has 0 aliphatic carbocycles. The zero-order chi connectivity index (χ0) is 17.0. The summed E-state index contributed by atoms with van der Waals surface area (Å²) in [5, 5.41) is 2.71. The van der Waals surface area contributed by atoms with Crippen molar-refractivity contribution in [2.75, 3.05) is 51.5 Å². The summed E-state index contributed by atoms with van der Waals surface area (Å²) < 4.78 is 47.8. The van der Waals surface area contributed by atoms with Crippen LogP contribution in [0.2, 0.25) is 0 Å². The van der Waals surface area contributed by atoms with Crippen LogP contribution in [0.5, 0.6) is 0 Å². The number of sulfone groups is 1. The number of likely N-dealkylation sites (N-methyl/N-ethyl adjacent to an activating group) is 1. The van der Waals surface area contributed by atoms with Gasteiger partial charge in [0.1, 0.15) is 0 Å². The third-order valence-electron chi connectivity index (χ3n) is 3.48. The van der Waals surface area contributed by atoms with Gasteiger partial charge in [0.05, 0.1) is 17.8 Å². The van der Waals surface area contributed by atoms with Crippen molar-refractivity contribution in [3.05, 3.63) is 0 Å². The van der Waals surface area contributed by atoms with Gasteiger partial charge in [0, 0.05) is 32.1 Å². The molecule has 0 bridgehead atoms. The average molecular weight is 355 g/mol. The molecule has 1 aliphatic heterocycles. The second kappa shape index (κ2) is 7.71. The Morgan fingerprint density at radius 1 is 1.27 bits per heavy atom. The molecule has 1 atom stereocenters. The van der Waals surface area contributed by atoms with E-state index in [9.17, 15) is 21.6 Å². The number of hydrogen-bond acceptors (Lipinski definition) is 6. The summed E-state index contributed by atoms with van der Waals surface area (Å²) in [6, 6.07) is -0.561. The first-order chi connectivity index (χ1) is 10.0. The van der Waals surface area contributed by atoms with Crippen LogP contribution in [0, 0.1) is 0 Å². The predicted molar refractivity (Wildman–Crippen MR) is 84.8 cm³/mol. The highest BCUT2D eigenvalue weighted by molar-refractivity contribution is 7.92. The molecule has 1 heterocycles. The maximum atomic E-state index is 11.8. The molecule has 0 aromatic heterocycles. The third-order valence-corrected chi connectivity index (χ3v) is 6.57. The average Bonchev–Trinajstić information content (AvgIpc) is 2.67. The fourth-order valence-corrected chi connectivity index (χ4v) is 5.31. The van der Waals surface area contributed by atoms with Crippen LogP contribution < -0.4 is 5.32 Å². The monoisotopic (exact) mass is 355 g/mol. The van der Waals surface area contributed by atoms with E-state index in [1.165, 1.54) is 0 Å². The van der Waals surface area contributed by atoms with E-state index in [4.69, 9.17) is 0 Å². The minimum Gasteiger partial charge on any atom is -0.355 e. The Hall–Kier alpha value is -0.710. The number of carbonyl (C=O) groups excluding carboxylic acids is 1. The van der Waals surface area contributed by atoms with Crippen LogP contribution >= 0.6 is 0 Å². The SMILES string of the molecule is CN(C)CCNC(=O)CCN(C1CCS(=O)(=O)C1)S(C)(=O)=O. The summed E-state index contributed by atoms with van der Waals surface area (Å²) in [6.07, 6.45) is 1.36. The Morgan fingerprint density at radius 3 is 2.36 bits per heavy atom. The van der Waals surface area contributed by atoms with Crippen molar-refractivity contribution >= 4 is 25.8 Å². The summed E-state index contributed by atoms with van der Waals surface area (Å²) >= 11 is 0. The minimum atomic E-state index is -3.55. The van der Waals surface area contributed by atoms with Crippen molar-refractivity contribution in [3.8, 4) is 0 Å². The Labute approximate surface area is 132 Å². The van der Waals surface area contributed by atoms with E-state index in [0.29, 0.717) is 13.1 Å². The predicted octanol–water partition coefficient (Wildman–Crippen LogP) is -1.50.